The molecule has 0 aromatic heterocycles. The number of nitrogens with zero attached hydrogens (tertiary/aromatic N) is 1. The highest BCUT2D eigenvalue weighted by Gasteiger charge is 2.43. The maximum atomic E-state index is 12.7. The number of carbonyl (C=O) groups excluding carboxylic acids is 1. The third-order valence-electron chi connectivity index (χ3n) is 3.68. The second-order valence-corrected chi connectivity index (χ2v) is 7.60. The number of carbonyl (C=O) groups is 1. The van der Waals surface area contributed by atoms with Crippen molar-refractivity contribution in [3.63, 3.8) is 0 Å². The largest absolute Gasteiger partial charge is 0.416 e. The number of alkyl halides is 3. The molecule has 0 bridgehead atoms. The summed E-state index contributed by atoms with van der Waals surface area (Å²) >= 11 is 0. The van der Waals surface area contributed by atoms with Crippen LogP contribution in [0.3, 0.4) is 0 Å². The van der Waals surface area contributed by atoms with Crippen molar-refractivity contribution >= 4 is 15.7 Å². The molecule has 1 atom stereocenters. The van der Waals surface area contributed by atoms with Crippen LogP contribution < -0.4 is 0 Å². The summed E-state index contributed by atoms with van der Waals surface area (Å²) in [7, 11) is -4.13. The van der Waals surface area contributed by atoms with Gasteiger partial charge in [0.25, 0.3) is 0 Å². The fourth-order valence-electron chi connectivity index (χ4n) is 2.49. The van der Waals surface area contributed by atoms with Gasteiger partial charge in [0.15, 0.2) is 9.84 Å². The number of halogens is 3. The Morgan fingerprint density at radius 1 is 1.27 bits per heavy atom. The van der Waals surface area contributed by atoms with Crippen LogP contribution in [0.25, 0.3) is 0 Å². The maximum absolute atomic E-state index is 12.7. The summed E-state index contributed by atoms with van der Waals surface area (Å²) < 4.78 is 63.1. The van der Waals surface area contributed by atoms with Gasteiger partial charge >= 0.3 is 6.18 Å². The first-order valence-electron chi connectivity index (χ1n) is 6.77. The Bertz CT molecular complexity index is 683. The number of likely N-dealkylation sites (tertiary alicyclic amines) is 1. The zero-order valence-electron chi connectivity index (χ0n) is 12.1. The van der Waals surface area contributed by atoms with Crippen LogP contribution in [0.2, 0.25) is 0 Å². The van der Waals surface area contributed by atoms with E-state index in [9.17, 15) is 26.4 Å². The van der Waals surface area contributed by atoms with E-state index < -0.39 is 37.6 Å². The van der Waals surface area contributed by atoms with Gasteiger partial charge < -0.3 is 4.90 Å². The van der Waals surface area contributed by atoms with Gasteiger partial charge in [-0.1, -0.05) is 6.07 Å². The molecule has 0 aliphatic carbocycles. The summed E-state index contributed by atoms with van der Waals surface area (Å²) in [6.07, 6.45) is -4.54. The highest BCUT2D eigenvalue weighted by Crippen LogP contribution is 2.32. The molecule has 0 radical (unpaired) electrons. The second-order valence-electron chi connectivity index (χ2n) is 5.47. The van der Waals surface area contributed by atoms with Crippen molar-refractivity contribution < 1.29 is 26.4 Å². The zero-order valence-corrected chi connectivity index (χ0v) is 12.9. The molecule has 0 N–H and O–H groups in total. The predicted molar refractivity (Wildman–Crippen MR) is 73.9 cm³/mol. The van der Waals surface area contributed by atoms with Crippen LogP contribution >= 0.6 is 0 Å². The molecule has 1 saturated heterocycles. The van der Waals surface area contributed by atoms with Crippen LogP contribution in [0.1, 0.15) is 25.8 Å². The van der Waals surface area contributed by atoms with Crippen molar-refractivity contribution in [3.05, 3.63) is 29.8 Å². The number of hydrogen-bond acceptors (Lipinski definition) is 3. The van der Waals surface area contributed by atoms with Crippen LogP contribution in [0, 0.1) is 0 Å². The average molecular weight is 335 g/mol. The second kappa shape index (κ2) is 5.57. The SMILES string of the molecule is CC(C)N1CCC(S(=O)(=O)c2cccc(C(F)(F)F)c2)C1=O. The van der Waals surface area contributed by atoms with Gasteiger partial charge in [-0.25, -0.2) is 8.42 Å². The summed E-state index contributed by atoms with van der Waals surface area (Å²) in [5, 5.41) is -1.31. The molecular formula is C14H16F3NO3S. The molecule has 22 heavy (non-hydrogen) atoms. The first kappa shape index (κ1) is 16.8. The van der Waals surface area contributed by atoms with Crippen molar-refractivity contribution in [3.8, 4) is 0 Å². The van der Waals surface area contributed by atoms with E-state index in [0.717, 1.165) is 18.2 Å². The minimum atomic E-state index is -4.63. The Morgan fingerprint density at radius 3 is 2.41 bits per heavy atom. The van der Waals surface area contributed by atoms with Crippen LogP contribution in [-0.4, -0.2) is 37.1 Å². The van der Waals surface area contributed by atoms with Gasteiger partial charge in [-0.2, -0.15) is 13.2 Å². The van der Waals surface area contributed by atoms with Crippen molar-refractivity contribution in [2.45, 2.75) is 42.6 Å². The third-order valence-corrected chi connectivity index (χ3v) is 5.78. The van der Waals surface area contributed by atoms with Crippen LogP contribution in [0.5, 0.6) is 0 Å². The summed E-state index contributed by atoms with van der Waals surface area (Å²) in [6.45, 7) is 3.81. The molecule has 1 aromatic carbocycles. The maximum Gasteiger partial charge on any atom is 0.416 e. The van der Waals surface area contributed by atoms with Crippen LogP contribution in [0.15, 0.2) is 29.2 Å². The molecule has 2 rings (SSSR count). The van der Waals surface area contributed by atoms with E-state index in [1.165, 1.54) is 4.90 Å². The molecule has 1 amide bonds. The third kappa shape index (κ3) is 2.97. The summed E-state index contributed by atoms with van der Waals surface area (Å²) in [5.41, 5.74) is -1.04. The predicted octanol–water partition coefficient (Wildman–Crippen LogP) is 2.49. The Balaban J connectivity index is 2.38. The Labute approximate surface area is 126 Å². The minimum absolute atomic E-state index is 0.0928. The number of rotatable bonds is 3. The van der Waals surface area contributed by atoms with Gasteiger partial charge in [0.2, 0.25) is 5.91 Å². The summed E-state index contributed by atoms with van der Waals surface area (Å²) in [5.74, 6) is -0.549. The molecule has 1 aliphatic heterocycles. The smallest absolute Gasteiger partial charge is 0.339 e. The highest BCUT2D eigenvalue weighted by molar-refractivity contribution is 7.92. The number of hydrogen-bond donors (Lipinski definition) is 0. The molecule has 0 saturated carbocycles. The van der Waals surface area contributed by atoms with Crippen LogP contribution in [-0.2, 0) is 20.8 Å². The number of amides is 1. The molecule has 0 spiro atoms. The van der Waals surface area contributed by atoms with Gasteiger partial charge in [-0.05, 0) is 38.5 Å². The average Bonchev–Trinajstić information content (AvgIpc) is 2.80. The van der Waals surface area contributed by atoms with E-state index in [1.54, 1.807) is 13.8 Å². The zero-order chi connectivity index (χ0) is 16.7. The molecule has 122 valence electrons. The summed E-state index contributed by atoms with van der Waals surface area (Å²) in [4.78, 5) is 13.1. The fourth-order valence-corrected chi connectivity index (χ4v) is 4.19. The quantitative estimate of drug-likeness (QED) is 0.853. The lowest BCUT2D eigenvalue weighted by Crippen LogP contribution is -2.37. The van der Waals surface area contributed by atoms with Gasteiger partial charge in [0.1, 0.15) is 5.25 Å². The first-order valence-corrected chi connectivity index (χ1v) is 8.31. The summed E-state index contributed by atoms with van der Waals surface area (Å²) in [6, 6.07) is 3.37. The lowest BCUT2D eigenvalue weighted by Gasteiger charge is -2.21. The lowest BCUT2D eigenvalue weighted by molar-refractivity contribution is -0.137. The number of sulfone groups is 1. The highest BCUT2D eigenvalue weighted by atomic mass is 32.2. The Hall–Kier alpha value is -1.57. The molecule has 1 aliphatic rings. The van der Waals surface area contributed by atoms with E-state index in [2.05, 4.69) is 0 Å². The van der Waals surface area contributed by atoms with E-state index in [1.807, 2.05) is 0 Å². The minimum Gasteiger partial charge on any atom is -0.339 e. The van der Waals surface area contributed by atoms with Crippen molar-refractivity contribution in [2.24, 2.45) is 0 Å². The number of benzene rings is 1. The molecule has 1 fully saturated rings. The van der Waals surface area contributed by atoms with E-state index in [-0.39, 0.29) is 12.5 Å². The Morgan fingerprint density at radius 2 is 1.91 bits per heavy atom. The standard InChI is InChI=1S/C14H16F3NO3S/c1-9(2)18-7-6-12(13(18)19)22(20,21)11-5-3-4-10(8-11)14(15,16)17/h3-5,8-9,12H,6-7H2,1-2H3. The normalized spacial score (nSPS) is 20.0. The Kier molecular flexibility index (Phi) is 4.25. The van der Waals surface area contributed by atoms with Crippen LogP contribution in [0.4, 0.5) is 13.2 Å². The molecule has 1 unspecified atom stereocenters. The van der Waals surface area contributed by atoms with Gasteiger partial charge in [-0.3, -0.25) is 4.79 Å². The van der Waals surface area contributed by atoms with Crippen molar-refractivity contribution in [1.82, 2.24) is 4.90 Å². The molecule has 4 nitrogen and oxygen atoms in total. The topological polar surface area (TPSA) is 54.5 Å². The fraction of sp³-hybridized carbons (Fsp3) is 0.500. The lowest BCUT2D eigenvalue weighted by atomic mass is 10.2. The monoisotopic (exact) mass is 335 g/mol. The van der Waals surface area contributed by atoms with Crippen molar-refractivity contribution in [2.75, 3.05) is 6.54 Å². The van der Waals surface area contributed by atoms with E-state index in [0.29, 0.717) is 12.6 Å². The van der Waals surface area contributed by atoms with Gasteiger partial charge in [-0.15, -0.1) is 0 Å². The molecular weight excluding hydrogens is 319 g/mol. The molecule has 1 aromatic rings. The molecule has 8 heteroatoms. The first-order chi connectivity index (χ1) is 10.0. The molecule has 1 heterocycles. The van der Waals surface area contributed by atoms with E-state index in [4.69, 9.17) is 0 Å². The van der Waals surface area contributed by atoms with Crippen molar-refractivity contribution in [1.29, 1.82) is 0 Å². The van der Waals surface area contributed by atoms with Gasteiger partial charge in [0, 0.05) is 12.6 Å². The van der Waals surface area contributed by atoms with E-state index >= 15 is 0 Å². The van der Waals surface area contributed by atoms with Gasteiger partial charge in [0.05, 0.1) is 10.5 Å².